The molecule has 0 aliphatic carbocycles. The summed E-state index contributed by atoms with van der Waals surface area (Å²) in [5.74, 6) is 0. The average Bonchev–Trinajstić information content (AvgIpc) is 3.50. The van der Waals surface area contributed by atoms with Crippen LogP contribution >= 0.6 is 12.6 Å². The predicted octanol–water partition coefficient (Wildman–Crippen LogP) is 12.8. The first-order valence-corrected chi connectivity index (χ1v) is 17.7. The van der Waals surface area contributed by atoms with Crippen molar-refractivity contribution in [2.75, 3.05) is 11.2 Å². The highest BCUT2D eigenvalue weighted by atomic mass is 32.1. The molecule has 238 valence electrons. The van der Waals surface area contributed by atoms with Crippen LogP contribution in [-0.2, 0) is 5.41 Å². The van der Waals surface area contributed by atoms with Gasteiger partial charge in [-0.25, -0.2) is 0 Å². The Labute approximate surface area is 294 Å². The first-order chi connectivity index (χ1) is 24.1. The van der Waals surface area contributed by atoms with Crippen LogP contribution in [0.25, 0.3) is 49.7 Å². The van der Waals surface area contributed by atoms with E-state index in [0.29, 0.717) is 0 Å². The van der Waals surface area contributed by atoms with Crippen molar-refractivity contribution < 1.29 is 0 Å². The van der Waals surface area contributed by atoms with E-state index in [1.165, 1.54) is 60.9 Å². The Morgan fingerprint density at radius 1 is 0.449 bits per heavy atom. The maximum Gasteiger partial charge on any atom is 0.0582 e. The Balaban J connectivity index is 0.00000171. The van der Waals surface area contributed by atoms with Gasteiger partial charge in [0.15, 0.2) is 0 Å². The van der Waals surface area contributed by atoms with Gasteiger partial charge in [-0.3, -0.25) is 0 Å². The number of aromatic nitrogens is 1. The molecule has 0 amide bonds. The lowest BCUT2D eigenvalue weighted by atomic mass is 9.75. The van der Waals surface area contributed by atoms with Crippen LogP contribution in [0.3, 0.4) is 0 Å². The molecule has 0 radical (unpaired) electrons. The van der Waals surface area contributed by atoms with Crippen molar-refractivity contribution >= 4 is 51.5 Å². The molecule has 7 aromatic carbocycles. The van der Waals surface area contributed by atoms with Gasteiger partial charge in [0, 0.05) is 33.2 Å². The maximum atomic E-state index is 3.53. The second kappa shape index (κ2) is 12.5. The van der Waals surface area contributed by atoms with Gasteiger partial charge in [0.2, 0.25) is 0 Å². The molecule has 1 aromatic heterocycles. The summed E-state index contributed by atoms with van der Waals surface area (Å²) in [4.78, 5) is 2.38. The van der Waals surface area contributed by atoms with Crippen LogP contribution in [0.15, 0.2) is 170 Å². The van der Waals surface area contributed by atoms with Crippen LogP contribution in [-0.4, -0.2) is 10.8 Å². The van der Waals surface area contributed by atoms with Crippen LogP contribution in [0.2, 0.25) is 0 Å². The largest absolute Gasteiger partial charge is 0.310 e. The molecule has 0 fully saturated rings. The van der Waals surface area contributed by atoms with Gasteiger partial charge in [0.1, 0.15) is 0 Å². The second-order valence-electron chi connectivity index (χ2n) is 13.0. The zero-order valence-corrected chi connectivity index (χ0v) is 28.9. The van der Waals surface area contributed by atoms with Gasteiger partial charge in [-0.1, -0.05) is 135 Å². The van der Waals surface area contributed by atoms with E-state index in [4.69, 9.17) is 0 Å². The molecule has 9 rings (SSSR count). The number of anilines is 3. The molecule has 0 atom stereocenters. The quantitative estimate of drug-likeness (QED) is 0.182. The molecule has 0 N–H and O–H groups in total. The second-order valence-corrected chi connectivity index (χ2v) is 13.0. The molecule has 8 aromatic rings. The van der Waals surface area contributed by atoms with Crippen molar-refractivity contribution in [1.29, 1.82) is 0 Å². The van der Waals surface area contributed by atoms with Gasteiger partial charge in [-0.15, -0.1) is 0 Å². The first-order valence-electron chi connectivity index (χ1n) is 16.8. The number of para-hydroxylation sites is 2. The summed E-state index contributed by atoms with van der Waals surface area (Å²) < 4.78 is 2.48. The van der Waals surface area contributed by atoms with Crippen LogP contribution in [0, 0.1) is 0 Å². The van der Waals surface area contributed by atoms with Gasteiger partial charge in [-0.05, 0) is 88.2 Å². The lowest BCUT2D eigenvalue weighted by Crippen LogP contribution is -2.26. The minimum absolute atomic E-state index is 0.0870. The zero-order chi connectivity index (χ0) is 33.5. The summed E-state index contributed by atoms with van der Waals surface area (Å²) in [6.45, 7) is 4.71. The molecule has 0 bridgehead atoms. The minimum Gasteiger partial charge on any atom is -0.310 e. The van der Waals surface area contributed by atoms with Crippen LogP contribution in [0.4, 0.5) is 17.1 Å². The highest BCUT2D eigenvalue weighted by Crippen LogP contribution is 2.48. The Morgan fingerprint density at radius 2 is 0.939 bits per heavy atom. The highest BCUT2D eigenvalue weighted by molar-refractivity contribution is 7.79. The SMILES string of the molecule is CC1(C)c2ccccc2-n2c3ccc(N(c4ccc(-c5ccccc5)cc4)c4ccc(-c5ccccc5)cc4)cc3c3cccc1c32.CS. The van der Waals surface area contributed by atoms with E-state index in [2.05, 4.69) is 206 Å². The molecule has 1 aliphatic rings. The van der Waals surface area contributed by atoms with E-state index in [1.807, 2.05) is 0 Å². The first kappa shape index (κ1) is 30.8. The lowest BCUT2D eigenvalue weighted by molar-refractivity contribution is 0.630. The maximum absolute atomic E-state index is 3.53. The third kappa shape index (κ3) is 5.13. The Morgan fingerprint density at radius 3 is 1.53 bits per heavy atom. The van der Waals surface area contributed by atoms with E-state index in [1.54, 1.807) is 6.26 Å². The topological polar surface area (TPSA) is 8.17 Å². The van der Waals surface area contributed by atoms with E-state index in [0.717, 1.165) is 17.1 Å². The third-order valence-electron chi connectivity index (χ3n) is 9.99. The summed E-state index contributed by atoms with van der Waals surface area (Å²) in [6.07, 6.45) is 1.69. The Bertz CT molecular complexity index is 2320. The number of nitrogens with zero attached hydrogens (tertiary/aromatic N) is 2. The van der Waals surface area contributed by atoms with E-state index in [9.17, 15) is 0 Å². The van der Waals surface area contributed by atoms with Crippen molar-refractivity contribution in [3.8, 4) is 27.9 Å². The van der Waals surface area contributed by atoms with Gasteiger partial charge >= 0.3 is 0 Å². The van der Waals surface area contributed by atoms with Gasteiger partial charge < -0.3 is 9.47 Å². The Hall–Kier alpha value is -5.51. The summed E-state index contributed by atoms with van der Waals surface area (Å²) >= 11 is 3.53. The van der Waals surface area contributed by atoms with Gasteiger partial charge in [0.05, 0.1) is 16.7 Å². The van der Waals surface area contributed by atoms with Gasteiger partial charge in [0.25, 0.3) is 0 Å². The van der Waals surface area contributed by atoms with Crippen LogP contribution < -0.4 is 4.90 Å². The summed E-state index contributed by atoms with van der Waals surface area (Å²) in [5, 5.41) is 2.55. The summed E-state index contributed by atoms with van der Waals surface area (Å²) in [5.41, 5.74) is 14.7. The van der Waals surface area contributed by atoms with E-state index < -0.39 is 0 Å². The predicted molar refractivity (Wildman–Crippen MR) is 213 cm³/mol. The fraction of sp³-hybridized carbons (Fsp3) is 0.0870. The van der Waals surface area contributed by atoms with Crippen LogP contribution in [0.1, 0.15) is 25.0 Å². The summed E-state index contributed by atoms with van der Waals surface area (Å²) in [6, 6.07) is 61.8. The standard InChI is InChI=1S/C45H34N2.CH4S/c1-45(2)40-17-9-10-19-43(40)47-42-29-28-37(30-39(42)38-16-11-18-41(45)44(38)47)46(35-24-20-33(21-25-35)31-12-5-3-6-13-31)36-26-22-34(23-27-36)32-14-7-4-8-15-32;1-2/h3-30H,1-2H3;2H,1H3. The number of thiol groups is 1. The zero-order valence-electron chi connectivity index (χ0n) is 28.0. The smallest absolute Gasteiger partial charge is 0.0582 e. The van der Waals surface area contributed by atoms with Crippen molar-refractivity contribution in [2.24, 2.45) is 0 Å². The molecular weight excluding hydrogens is 613 g/mol. The minimum atomic E-state index is -0.0870. The average molecular weight is 651 g/mol. The fourth-order valence-electron chi connectivity index (χ4n) is 7.61. The van der Waals surface area contributed by atoms with Crippen molar-refractivity contribution in [3.63, 3.8) is 0 Å². The Kier molecular flexibility index (Phi) is 7.86. The van der Waals surface area contributed by atoms with Gasteiger partial charge in [-0.2, -0.15) is 12.6 Å². The molecule has 0 saturated heterocycles. The molecule has 1 aliphatic heterocycles. The number of fused-ring (bicyclic) bond motifs is 5. The lowest BCUT2D eigenvalue weighted by Gasteiger charge is -2.34. The normalized spacial score (nSPS) is 12.7. The number of rotatable bonds is 5. The van der Waals surface area contributed by atoms with E-state index in [-0.39, 0.29) is 5.41 Å². The number of hydrogen-bond donors (Lipinski definition) is 1. The summed E-state index contributed by atoms with van der Waals surface area (Å²) in [7, 11) is 0. The number of hydrogen-bond acceptors (Lipinski definition) is 2. The molecular formula is C46H38N2S. The third-order valence-corrected chi connectivity index (χ3v) is 9.99. The molecule has 49 heavy (non-hydrogen) atoms. The monoisotopic (exact) mass is 650 g/mol. The van der Waals surface area contributed by atoms with Crippen molar-refractivity contribution in [2.45, 2.75) is 19.3 Å². The molecule has 2 heterocycles. The molecule has 0 spiro atoms. The molecule has 0 unspecified atom stereocenters. The molecule has 2 nitrogen and oxygen atoms in total. The van der Waals surface area contributed by atoms with Crippen molar-refractivity contribution in [3.05, 3.63) is 181 Å². The fourth-order valence-corrected chi connectivity index (χ4v) is 7.61. The highest BCUT2D eigenvalue weighted by Gasteiger charge is 2.34. The van der Waals surface area contributed by atoms with E-state index >= 15 is 0 Å². The molecule has 3 heteroatoms. The number of benzene rings is 7. The molecule has 0 saturated carbocycles. The van der Waals surface area contributed by atoms with Crippen molar-refractivity contribution in [1.82, 2.24) is 4.57 Å². The van der Waals surface area contributed by atoms with Crippen LogP contribution in [0.5, 0.6) is 0 Å².